The van der Waals surface area contributed by atoms with E-state index in [1.54, 1.807) is 30.3 Å². The Balaban J connectivity index is 2.17. The first-order valence-corrected chi connectivity index (χ1v) is 6.86. The van der Waals surface area contributed by atoms with Crippen molar-refractivity contribution in [3.05, 3.63) is 57.6 Å². The highest BCUT2D eigenvalue weighted by Gasteiger charge is 2.08. The van der Waals surface area contributed by atoms with Crippen molar-refractivity contribution in [3.63, 3.8) is 0 Å². The van der Waals surface area contributed by atoms with E-state index in [2.05, 4.69) is 0 Å². The lowest BCUT2D eigenvalue weighted by Crippen LogP contribution is -2.12. The highest BCUT2D eigenvalue weighted by molar-refractivity contribution is 6.34. The van der Waals surface area contributed by atoms with Crippen LogP contribution in [0.4, 0.5) is 0 Å². The largest absolute Gasteiger partial charge is 0.496 e. The van der Waals surface area contributed by atoms with E-state index in [-0.39, 0.29) is 5.84 Å². The average Bonchev–Trinajstić information content (AvgIpc) is 2.47. The number of methoxy groups -OCH3 is 1. The Bertz CT molecular complexity index is 675. The highest BCUT2D eigenvalue weighted by Crippen LogP contribution is 2.29. The topological polar surface area (TPSA) is 68.3 Å². The molecule has 0 radical (unpaired) electrons. The Labute approximate surface area is 132 Å². The molecule has 2 aromatic rings. The minimum Gasteiger partial charge on any atom is -0.496 e. The second-order valence-electron chi connectivity index (χ2n) is 4.31. The molecule has 110 valence electrons. The van der Waals surface area contributed by atoms with Gasteiger partial charge in [0.1, 0.15) is 23.9 Å². The predicted molar refractivity (Wildman–Crippen MR) is 84.8 cm³/mol. The summed E-state index contributed by atoms with van der Waals surface area (Å²) in [7, 11) is 1.53. The quantitative estimate of drug-likeness (QED) is 0.648. The lowest BCUT2D eigenvalue weighted by molar-refractivity contribution is 0.305. The van der Waals surface area contributed by atoms with Gasteiger partial charge in [-0.05, 0) is 29.8 Å². The van der Waals surface area contributed by atoms with Crippen LogP contribution >= 0.6 is 23.2 Å². The molecule has 0 amide bonds. The van der Waals surface area contributed by atoms with E-state index in [1.165, 1.54) is 7.11 Å². The first-order valence-electron chi connectivity index (χ1n) is 6.10. The Kier molecular flexibility index (Phi) is 4.94. The van der Waals surface area contributed by atoms with Crippen LogP contribution in [0.5, 0.6) is 11.5 Å². The van der Waals surface area contributed by atoms with Gasteiger partial charge in [0.2, 0.25) is 0 Å². The molecule has 0 aromatic heterocycles. The first-order chi connectivity index (χ1) is 10.0. The van der Waals surface area contributed by atoms with Crippen LogP contribution in [-0.4, -0.2) is 12.9 Å². The van der Waals surface area contributed by atoms with Gasteiger partial charge in [0.05, 0.1) is 17.7 Å². The normalized spacial score (nSPS) is 10.2. The Morgan fingerprint density at radius 2 is 1.90 bits per heavy atom. The summed E-state index contributed by atoms with van der Waals surface area (Å²) < 4.78 is 10.9. The highest BCUT2D eigenvalue weighted by atomic mass is 35.5. The molecule has 0 saturated carbocycles. The van der Waals surface area contributed by atoms with E-state index < -0.39 is 0 Å². The van der Waals surface area contributed by atoms with E-state index in [9.17, 15) is 0 Å². The van der Waals surface area contributed by atoms with Gasteiger partial charge in [0, 0.05) is 11.1 Å². The summed E-state index contributed by atoms with van der Waals surface area (Å²) >= 11 is 11.9. The second kappa shape index (κ2) is 6.70. The summed E-state index contributed by atoms with van der Waals surface area (Å²) in [6.45, 7) is 0.300. The van der Waals surface area contributed by atoms with Crippen LogP contribution in [0.1, 0.15) is 11.1 Å². The Morgan fingerprint density at radius 1 is 1.14 bits per heavy atom. The van der Waals surface area contributed by atoms with Crippen LogP contribution in [0.25, 0.3) is 0 Å². The van der Waals surface area contributed by atoms with E-state index >= 15 is 0 Å². The summed E-state index contributed by atoms with van der Waals surface area (Å²) in [4.78, 5) is 0. The van der Waals surface area contributed by atoms with Crippen molar-refractivity contribution < 1.29 is 9.47 Å². The fraction of sp³-hybridized carbons (Fsp3) is 0.133. The number of hydrogen-bond donors (Lipinski definition) is 2. The van der Waals surface area contributed by atoms with Gasteiger partial charge in [-0.25, -0.2) is 0 Å². The molecule has 0 saturated heterocycles. The van der Waals surface area contributed by atoms with Gasteiger partial charge >= 0.3 is 0 Å². The van der Waals surface area contributed by atoms with Gasteiger partial charge in [-0.3, -0.25) is 5.41 Å². The number of ether oxygens (including phenoxy) is 2. The van der Waals surface area contributed by atoms with E-state index in [4.69, 9.17) is 43.8 Å². The van der Waals surface area contributed by atoms with Crippen LogP contribution in [0.2, 0.25) is 10.0 Å². The maximum Gasteiger partial charge on any atom is 0.139 e. The summed E-state index contributed by atoms with van der Waals surface area (Å²) in [5, 5.41) is 8.52. The monoisotopic (exact) mass is 324 g/mol. The van der Waals surface area contributed by atoms with Crippen LogP contribution in [-0.2, 0) is 6.61 Å². The zero-order valence-electron chi connectivity index (χ0n) is 11.3. The third-order valence-electron chi connectivity index (χ3n) is 2.84. The molecule has 0 aliphatic rings. The lowest BCUT2D eigenvalue weighted by atomic mass is 10.1. The van der Waals surface area contributed by atoms with Gasteiger partial charge in [-0.1, -0.05) is 29.3 Å². The van der Waals surface area contributed by atoms with Crippen molar-refractivity contribution in [1.82, 2.24) is 0 Å². The van der Waals surface area contributed by atoms with Gasteiger partial charge in [-0.15, -0.1) is 0 Å². The van der Waals surface area contributed by atoms with Crippen molar-refractivity contribution in [2.75, 3.05) is 7.11 Å². The zero-order valence-corrected chi connectivity index (χ0v) is 12.8. The van der Waals surface area contributed by atoms with Crippen LogP contribution in [0, 0.1) is 5.41 Å². The number of halogens is 2. The number of benzene rings is 2. The van der Waals surface area contributed by atoms with Crippen molar-refractivity contribution in [3.8, 4) is 11.5 Å². The summed E-state index contributed by atoms with van der Waals surface area (Å²) in [6, 6.07) is 10.3. The number of amidine groups is 1. The predicted octanol–water partition coefficient (Wildman–Crippen LogP) is 3.87. The van der Waals surface area contributed by atoms with E-state index in [0.29, 0.717) is 33.7 Å². The summed E-state index contributed by atoms with van der Waals surface area (Å²) in [6.07, 6.45) is 0. The molecule has 2 rings (SSSR count). The maximum absolute atomic E-state index is 7.47. The molecule has 0 fully saturated rings. The van der Waals surface area contributed by atoms with Crippen molar-refractivity contribution in [1.29, 1.82) is 5.41 Å². The molecule has 0 atom stereocenters. The third-order valence-corrected chi connectivity index (χ3v) is 3.39. The van der Waals surface area contributed by atoms with E-state index in [1.807, 2.05) is 6.07 Å². The zero-order chi connectivity index (χ0) is 15.4. The number of nitrogens with one attached hydrogen (secondary N) is 1. The van der Waals surface area contributed by atoms with Gasteiger partial charge < -0.3 is 15.2 Å². The van der Waals surface area contributed by atoms with Gasteiger partial charge in [-0.2, -0.15) is 0 Å². The van der Waals surface area contributed by atoms with Crippen molar-refractivity contribution in [2.45, 2.75) is 6.61 Å². The maximum atomic E-state index is 7.47. The molecular formula is C15H14Cl2N2O2. The summed E-state index contributed by atoms with van der Waals surface area (Å²) in [5.74, 6) is 0.997. The van der Waals surface area contributed by atoms with Gasteiger partial charge in [0.25, 0.3) is 0 Å². The number of nitrogens with two attached hydrogens (primary N) is 1. The Morgan fingerprint density at radius 3 is 2.57 bits per heavy atom. The minimum absolute atomic E-state index is 0.0443. The molecule has 0 aliphatic heterocycles. The van der Waals surface area contributed by atoms with Crippen molar-refractivity contribution in [2.24, 2.45) is 5.73 Å². The number of hydrogen-bond acceptors (Lipinski definition) is 3. The molecule has 0 spiro atoms. The van der Waals surface area contributed by atoms with E-state index in [0.717, 1.165) is 5.56 Å². The molecule has 2 aromatic carbocycles. The molecule has 0 heterocycles. The molecule has 3 N–H and O–H groups in total. The van der Waals surface area contributed by atoms with Crippen LogP contribution in [0.3, 0.4) is 0 Å². The lowest BCUT2D eigenvalue weighted by Gasteiger charge is -2.11. The third kappa shape index (κ3) is 3.80. The SMILES string of the molecule is COc1cc(COc2cc(Cl)ccc2Cl)ccc1C(=N)N. The second-order valence-corrected chi connectivity index (χ2v) is 5.16. The van der Waals surface area contributed by atoms with Crippen LogP contribution < -0.4 is 15.2 Å². The molecule has 6 heteroatoms. The smallest absolute Gasteiger partial charge is 0.139 e. The first kappa shape index (κ1) is 15.5. The van der Waals surface area contributed by atoms with Crippen LogP contribution in [0.15, 0.2) is 36.4 Å². The van der Waals surface area contributed by atoms with Gasteiger partial charge in [0.15, 0.2) is 0 Å². The molecule has 0 aliphatic carbocycles. The number of nitrogen functional groups attached to an aromatic ring is 1. The standard InChI is InChI=1S/C15H14Cl2N2O2/c1-20-13-6-9(2-4-11(13)15(18)19)8-21-14-7-10(16)3-5-12(14)17/h2-7H,8H2,1H3,(H3,18,19). The fourth-order valence-electron chi connectivity index (χ4n) is 1.80. The molecule has 4 nitrogen and oxygen atoms in total. The number of rotatable bonds is 5. The molecule has 21 heavy (non-hydrogen) atoms. The van der Waals surface area contributed by atoms with Crippen molar-refractivity contribution >= 4 is 29.0 Å². The summed E-state index contributed by atoms with van der Waals surface area (Å²) in [5.41, 5.74) is 6.89. The molecular weight excluding hydrogens is 311 g/mol. The molecule has 0 bridgehead atoms. The Hall–Kier alpha value is -1.91. The molecule has 0 unspecified atom stereocenters. The minimum atomic E-state index is -0.0443. The average molecular weight is 325 g/mol. The fourth-order valence-corrected chi connectivity index (χ4v) is 2.13.